The van der Waals surface area contributed by atoms with Gasteiger partial charge in [0.2, 0.25) is 0 Å². The smallest absolute Gasteiger partial charge is 0.253 e. The number of carbonyl (C=O) groups is 2. The summed E-state index contributed by atoms with van der Waals surface area (Å²) in [4.78, 5) is 34.2. The summed E-state index contributed by atoms with van der Waals surface area (Å²) in [5.74, 6) is 0.264. The van der Waals surface area contributed by atoms with Gasteiger partial charge in [-0.05, 0) is 48.9 Å². The number of nitrogens with zero attached hydrogens (tertiary/aromatic N) is 4. The van der Waals surface area contributed by atoms with Gasteiger partial charge in [0, 0.05) is 69.5 Å². The molecule has 3 heterocycles. The molecule has 0 radical (unpaired) electrons. The Morgan fingerprint density at radius 2 is 1.48 bits per heavy atom. The van der Waals surface area contributed by atoms with Gasteiger partial charge in [-0.3, -0.25) is 14.5 Å². The molecule has 0 spiro atoms. The molecular weight excluding hydrogens is 388 g/mol. The minimum absolute atomic E-state index is 0.115. The predicted octanol–water partition coefficient (Wildman–Crippen LogP) is 1.96. The van der Waals surface area contributed by atoms with Crippen molar-refractivity contribution in [2.75, 3.05) is 52.9 Å². The number of rotatable bonds is 3. The molecule has 2 amide bonds. The van der Waals surface area contributed by atoms with Crippen LogP contribution in [-0.4, -0.2) is 90.3 Å². The van der Waals surface area contributed by atoms with E-state index in [4.69, 9.17) is 0 Å². The number of benzene rings is 2. The van der Waals surface area contributed by atoms with Crippen LogP contribution in [0.25, 0.3) is 0 Å². The number of amides is 2. The van der Waals surface area contributed by atoms with E-state index in [9.17, 15) is 9.59 Å². The van der Waals surface area contributed by atoms with Crippen molar-refractivity contribution in [1.29, 1.82) is 0 Å². The minimum Gasteiger partial charge on any atom is -0.336 e. The van der Waals surface area contributed by atoms with Crippen LogP contribution < -0.4 is 0 Å². The Morgan fingerprint density at radius 1 is 0.774 bits per heavy atom. The first-order valence-corrected chi connectivity index (χ1v) is 11.3. The van der Waals surface area contributed by atoms with Crippen molar-refractivity contribution < 1.29 is 9.59 Å². The Kier molecular flexibility index (Phi) is 5.50. The Morgan fingerprint density at radius 3 is 2.23 bits per heavy atom. The number of likely N-dealkylation sites (tertiary alicyclic amines) is 1. The fourth-order valence-electron chi connectivity index (χ4n) is 4.92. The zero-order valence-electron chi connectivity index (χ0n) is 18.2. The normalized spacial score (nSPS) is 20.3. The van der Waals surface area contributed by atoms with Crippen molar-refractivity contribution in [1.82, 2.24) is 19.6 Å². The fraction of sp³-hybridized carbons (Fsp3) is 0.440. The number of likely N-dealkylation sites (N-methyl/N-ethyl adjacent to an activating group) is 1. The van der Waals surface area contributed by atoms with Gasteiger partial charge in [-0.2, -0.15) is 0 Å². The molecule has 0 unspecified atom stereocenters. The standard InChI is InChI=1S/C25H30N4O2/c1-26-10-9-20-15-21(7-8-22(20)16-26)25(31)29-17-23(18-29)27-11-13-28(14-12-27)24(30)19-5-3-2-4-6-19/h2-8,15,23H,9-14,16-18H2,1H3. The quantitative estimate of drug-likeness (QED) is 0.765. The van der Waals surface area contributed by atoms with Crippen LogP contribution in [0.2, 0.25) is 0 Å². The van der Waals surface area contributed by atoms with E-state index in [1.54, 1.807) is 0 Å². The Balaban J connectivity index is 1.12. The summed E-state index contributed by atoms with van der Waals surface area (Å²) in [5.41, 5.74) is 4.24. The number of piperazine rings is 1. The Labute approximate surface area is 184 Å². The summed E-state index contributed by atoms with van der Waals surface area (Å²) in [6.45, 7) is 6.82. The van der Waals surface area contributed by atoms with Crippen LogP contribution in [0, 0.1) is 0 Å². The molecule has 2 aromatic rings. The maximum Gasteiger partial charge on any atom is 0.253 e. The second-order valence-electron chi connectivity index (χ2n) is 9.03. The molecule has 0 aliphatic carbocycles. The summed E-state index contributed by atoms with van der Waals surface area (Å²) < 4.78 is 0. The van der Waals surface area contributed by atoms with Gasteiger partial charge in [-0.1, -0.05) is 24.3 Å². The summed E-state index contributed by atoms with van der Waals surface area (Å²) in [6, 6.07) is 16.1. The molecule has 0 atom stereocenters. The molecule has 0 saturated carbocycles. The van der Waals surface area contributed by atoms with Crippen LogP contribution in [0.4, 0.5) is 0 Å². The topological polar surface area (TPSA) is 47.1 Å². The minimum atomic E-state index is 0.115. The molecule has 5 rings (SSSR count). The van der Waals surface area contributed by atoms with Crippen molar-refractivity contribution in [2.24, 2.45) is 0 Å². The van der Waals surface area contributed by atoms with Crippen LogP contribution in [-0.2, 0) is 13.0 Å². The summed E-state index contributed by atoms with van der Waals surface area (Å²) in [7, 11) is 2.14. The summed E-state index contributed by atoms with van der Waals surface area (Å²) in [5, 5.41) is 0. The van der Waals surface area contributed by atoms with E-state index in [-0.39, 0.29) is 11.8 Å². The lowest BCUT2D eigenvalue weighted by Crippen LogP contribution is -2.64. The second-order valence-corrected chi connectivity index (χ2v) is 9.03. The lowest BCUT2D eigenvalue weighted by atomic mass is 9.96. The third-order valence-corrected chi connectivity index (χ3v) is 6.94. The first-order chi connectivity index (χ1) is 15.1. The third-order valence-electron chi connectivity index (χ3n) is 6.94. The Bertz CT molecular complexity index is 963. The highest BCUT2D eigenvalue weighted by atomic mass is 16.2. The van der Waals surface area contributed by atoms with Gasteiger partial charge in [0.05, 0.1) is 0 Å². The monoisotopic (exact) mass is 418 g/mol. The highest BCUT2D eigenvalue weighted by Gasteiger charge is 2.37. The highest BCUT2D eigenvalue weighted by molar-refractivity contribution is 5.95. The van der Waals surface area contributed by atoms with Gasteiger partial charge in [0.15, 0.2) is 0 Å². The highest BCUT2D eigenvalue weighted by Crippen LogP contribution is 2.23. The average Bonchev–Trinajstić information content (AvgIpc) is 2.78. The maximum absolute atomic E-state index is 12.9. The first kappa shape index (κ1) is 20.2. The van der Waals surface area contributed by atoms with Crippen molar-refractivity contribution in [3.63, 3.8) is 0 Å². The van der Waals surface area contributed by atoms with E-state index in [1.165, 1.54) is 11.1 Å². The molecule has 3 aliphatic rings. The van der Waals surface area contributed by atoms with Crippen molar-refractivity contribution in [3.05, 3.63) is 70.8 Å². The molecule has 0 aromatic heterocycles. The molecule has 2 aromatic carbocycles. The van der Waals surface area contributed by atoms with E-state index >= 15 is 0 Å². The van der Waals surface area contributed by atoms with Crippen LogP contribution in [0.15, 0.2) is 48.5 Å². The van der Waals surface area contributed by atoms with E-state index in [1.807, 2.05) is 46.2 Å². The zero-order valence-corrected chi connectivity index (χ0v) is 18.2. The van der Waals surface area contributed by atoms with Crippen molar-refractivity contribution >= 4 is 11.8 Å². The van der Waals surface area contributed by atoms with Crippen LogP contribution >= 0.6 is 0 Å². The summed E-state index contributed by atoms with van der Waals surface area (Å²) in [6.07, 6.45) is 1.02. The molecule has 6 heteroatoms. The van der Waals surface area contributed by atoms with E-state index < -0.39 is 0 Å². The molecule has 2 saturated heterocycles. The van der Waals surface area contributed by atoms with E-state index in [2.05, 4.69) is 29.0 Å². The maximum atomic E-state index is 12.9. The SMILES string of the molecule is CN1CCc2cc(C(=O)N3CC(N4CCN(C(=O)c5ccccc5)CC4)C3)ccc2C1. The van der Waals surface area contributed by atoms with Gasteiger partial charge in [0.25, 0.3) is 11.8 Å². The number of carbonyl (C=O) groups excluding carboxylic acids is 2. The third kappa shape index (κ3) is 4.10. The molecule has 0 N–H and O–H groups in total. The molecule has 3 aliphatic heterocycles. The lowest BCUT2D eigenvalue weighted by Gasteiger charge is -2.48. The van der Waals surface area contributed by atoms with Crippen LogP contribution in [0.1, 0.15) is 31.8 Å². The van der Waals surface area contributed by atoms with Gasteiger partial charge >= 0.3 is 0 Å². The van der Waals surface area contributed by atoms with Crippen LogP contribution in [0.3, 0.4) is 0 Å². The average molecular weight is 419 g/mol. The van der Waals surface area contributed by atoms with Gasteiger partial charge in [-0.15, -0.1) is 0 Å². The van der Waals surface area contributed by atoms with Gasteiger partial charge < -0.3 is 14.7 Å². The van der Waals surface area contributed by atoms with Gasteiger partial charge in [-0.25, -0.2) is 0 Å². The largest absolute Gasteiger partial charge is 0.336 e. The predicted molar refractivity (Wildman–Crippen MR) is 120 cm³/mol. The molecule has 162 valence electrons. The lowest BCUT2D eigenvalue weighted by molar-refractivity contribution is 0.00853. The zero-order chi connectivity index (χ0) is 21.4. The molecule has 6 nitrogen and oxygen atoms in total. The number of hydrogen-bond acceptors (Lipinski definition) is 4. The molecule has 0 bridgehead atoms. The molecular formula is C25H30N4O2. The first-order valence-electron chi connectivity index (χ1n) is 11.3. The molecule has 31 heavy (non-hydrogen) atoms. The Hall–Kier alpha value is -2.70. The fourth-order valence-corrected chi connectivity index (χ4v) is 4.92. The van der Waals surface area contributed by atoms with Crippen molar-refractivity contribution in [3.8, 4) is 0 Å². The van der Waals surface area contributed by atoms with Gasteiger partial charge in [0.1, 0.15) is 0 Å². The molecule has 2 fully saturated rings. The second kappa shape index (κ2) is 8.44. The number of fused-ring (bicyclic) bond motifs is 1. The number of hydrogen-bond donors (Lipinski definition) is 0. The van der Waals surface area contributed by atoms with Crippen LogP contribution in [0.5, 0.6) is 0 Å². The van der Waals surface area contributed by atoms with Crippen molar-refractivity contribution in [2.45, 2.75) is 19.0 Å². The summed E-state index contributed by atoms with van der Waals surface area (Å²) >= 11 is 0. The van der Waals surface area contributed by atoms with E-state index in [0.717, 1.165) is 69.9 Å². The van der Waals surface area contributed by atoms with E-state index in [0.29, 0.717) is 6.04 Å².